The number of carbonyl (C=O) groups is 1. The van der Waals surface area contributed by atoms with Crippen LogP contribution in [0.4, 0.5) is 11.6 Å². The maximum absolute atomic E-state index is 12.4. The molecule has 1 aromatic carbocycles. The Hall–Kier alpha value is -3.86. The predicted octanol–water partition coefficient (Wildman–Crippen LogP) is 3.67. The standard InChI is InChI=1S/C20H19N7O/c1-3-13(8-21)17(22)19(28)15-6-4-14(5-7-15)18-12(2)9-23-20(27-18)26-16-10-24-25-11-16/h4-7,9-11,13,22H,3H2,1-2H3,(H,24,25)(H,23,26,27)/t13-/m0/s1. The van der Waals surface area contributed by atoms with Crippen molar-refractivity contribution < 1.29 is 4.79 Å². The molecule has 28 heavy (non-hydrogen) atoms. The van der Waals surface area contributed by atoms with Gasteiger partial charge in [-0.1, -0.05) is 31.2 Å². The number of hydrogen-bond donors (Lipinski definition) is 3. The number of benzene rings is 1. The molecule has 8 nitrogen and oxygen atoms in total. The average molecular weight is 373 g/mol. The lowest BCUT2D eigenvalue weighted by atomic mass is 9.94. The highest BCUT2D eigenvalue weighted by atomic mass is 16.1. The molecule has 0 spiro atoms. The van der Waals surface area contributed by atoms with Crippen molar-refractivity contribution in [1.82, 2.24) is 20.2 Å². The molecule has 8 heteroatoms. The van der Waals surface area contributed by atoms with Crippen LogP contribution in [-0.2, 0) is 0 Å². The Bertz CT molecular complexity index is 1030. The van der Waals surface area contributed by atoms with Crippen molar-refractivity contribution in [3.63, 3.8) is 0 Å². The average Bonchev–Trinajstić information content (AvgIpc) is 3.23. The van der Waals surface area contributed by atoms with Crippen LogP contribution in [0.3, 0.4) is 0 Å². The zero-order chi connectivity index (χ0) is 20.1. The Kier molecular flexibility index (Phi) is 5.56. The zero-order valence-corrected chi connectivity index (χ0v) is 15.5. The van der Waals surface area contributed by atoms with Crippen LogP contribution >= 0.6 is 0 Å². The summed E-state index contributed by atoms with van der Waals surface area (Å²) in [6.45, 7) is 3.69. The first kappa shape index (κ1) is 18.9. The third kappa shape index (κ3) is 3.94. The maximum Gasteiger partial charge on any atom is 0.227 e. The van der Waals surface area contributed by atoms with E-state index in [0.717, 1.165) is 22.5 Å². The summed E-state index contributed by atoms with van der Waals surface area (Å²) in [5.41, 5.74) is 3.40. The number of Topliss-reactive ketones (excluding diaryl/α,β-unsaturated/α-hetero) is 1. The molecular formula is C20H19N7O. The van der Waals surface area contributed by atoms with Gasteiger partial charge in [-0.05, 0) is 18.9 Å². The molecule has 3 N–H and O–H groups in total. The number of rotatable bonds is 7. The second-order valence-electron chi connectivity index (χ2n) is 6.25. The van der Waals surface area contributed by atoms with Crippen molar-refractivity contribution >= 4 is 23.1 Å². The Balaban J connectivity index is 1.84. The molecule has 3 aromatic rings. The van der Waals surface area contributed by atoms with Crippen molar-refractivity contribution in [1.29, 1.82) is 10.7 Å². The van der Waals surface area contributed by atoms with E-state index in [-0.39, 0.29) is 5.71 Å². The summed E-state index contributed by atoms with van der Waals surface area (Å²) in [6.07, 6.45) is 5.48. The van der Waals surface area contributed by atoms with E-state index < -0.39 is 11.7 Å². The van der Waals surface area contributed by atoms with Crippen LogP contribution in [0.15, 0.2) is 42.9 Å². The topological polar surface area (TPSA) is 131 Å². The molecule has 1 atom stereocenters. The van der Waals surface area contributed by atoms with Gasteiger partial charge in [-0.15, -0.1) is 0 Å². The first-order chi connectivity index (χ1) is 13.5. The number of aromatic amines is 1. The predicted molar refractivity (Wildman–Crippen MR) is 106 cm³/mol. The summed E-state index contributed by atoms with van der Waals surface area (Å²) in [5.74, 6) is -0.682. The number of nitrogens with one attached hydrogen (secondary N) is 3. The van der Waals surface area contributed by atoms with E-state index in [1.807, 2.05) is 13.0 Å². The van der Waals surface area contributed by atoms with Crippen molar-refractivity contribution in [2.24, 2.45) is 5.92 Å². The van der Waals surface area contributed by atoms with Gasteiger partial charge < -0.3 is 5.32 Å². The van der Waals surface area contributed by atoms with Gasteiger partial charge in [0.25, 0.3) is 0 Å². The minimum atomic E-state index is -0.687. The third-order valence-corrected chi connectivity index (χ3v) is 4.30. The zero-order valence-electron chi connectivity index (χ0n) is 15.5. The Labute approximate surface area is 162 Å². The molecule has 2 heterocycles. The van der Waals surface area contributed by atoms with Gasteiger partial charge in [-0.3, -0.25) is 15.3 Å². The normalized spacial score (nSPS) is 11.5. The number of carbonyl (C=O) groups excluding carboxylic acids is 1. The number of H-pyrrole nitrogens is 1. The molecule has 2 aromatic heterocycles. The summed E-state index contributed by atoms with van der Waals surface area (Å²) in [7, 11) is 0. The summed E-state index contributed by atoms with van der Waals surface area (Å²) >= 11 is 0. The van der Waals surface area contributed by atoms with E-state index in [0.29, 0.717) is 17.9 Å². The second-order valence-corrected chi connectivity index (χ2v) is 6.25. The number of hydrogen-bond acceptors (Lipinski definition) is 7. The Morgan fingerprint density at radius 1 is 1.32 bits per heavy atom. The molecule has 0 unspecified atom stereocenters. The SMILES string of the molecule is CC[C@@H](C#N)C(=N)C(=O)c1ccc(-c2nc(Nc3cn[nH]c3)ncc2C)cc1. The fourth-order valence-electron chi connectivity index (χ4n) is 2.70. The van der Waals surface area contributed by atoms with Crippen LogP contribution in [0.5, 0.6) is 0 Å². The van der Waals surface area contributed by atoms with E-state index >= 15 is 0 Å². The fraction of sp³-hybridized carbons (Fsp3) is 0.200. The lowest BCUT2D eigenvalue weighted by molar-refractivity contribution is 0.106. The van der Waals surface area contributed by atoms with Gasteiger partial charge in [-0.2, -0.15) is 10.4 Å². The van der Waals surface area contributed by atoms with E-state index in [1.165, 1.54) is 0 Å². The highest BCUT2D eigenvalue weighted by molar-refractivity contribution is 6.46. The van der Waals surface area contributed by atoms with Crippen LogP contribution in [0.25, 0.3) is 11.3 Å². The lowest BCUT2D eigenvalue weighted by Crippen LogP contribution is -2.21. The molecule has 0 amide bonds. The van der Waals surface area contributed by atoms with Gasteiger partial charge in [0.1, 0.15) is 0 Å². The third-order valence-electron chi connectivity index (χ3n) is 4.30. The van der Waals surface area contributed by atoms with Gasteiger partial charge >= 0.3 is 0 Å². The van der Waals surface area contributed by atoms with Gasteiger partial charge in [-0.25, -0.2) is 9.97 Å². The molecule has 0 saturated carbocycles. The van der Waals surface area contributed by atoms with Crippen molar-refractivity contribution in [2.45, 2.75) is 20.3 Å². The second kappa shape index (κ2) is 8.22. The summed E-state index contributed by atoms with van der Waals surface area (Å²) in [4.78, 5) is 21.2. The number of nitrogens with zero attached hydrogens (tertiary/aromatic N) is 4. The Morgan fingerprint density at radius 2 is 2.07 bits per heavy atom. The van der Waals surface area contributed by atoms with Gasteiger partial charge in [0, 0.05) is 23.5 Å². The van der Waals surface area contributed by atoms with Crippen LogP contribution in [0.1, 0.15) is 29.3 Å². The molecular weight excluding hydrogens is 354 g/mol. The number of anilines is 2. The molecule has 0 aliphatic carbocycles. The number of aromatic nitrogens is 4. The minimum Gasteiger partial charge on any atom is -0.321 e. The molecule has 140 valence electrons. The summed E-state index contributed by atoms with van der Waals surface area (Å²) in [6, 6.07) is 8.87. The smallest absolute Gasteiger partial charge is 0.227 e. The van der Waals surface area contributed by atoms with Crippen LogP contribution in [0.2, 0.25) is 0 Å². The quantitative estimate of drug-likeness (QED) is 0.428. The van der Waals surface area contributed by atoms with E-state index in [1.54, 1.807) is 49.8 Å². The Morgan fingerprint density at radius 3 is 2.68 bits per heavy atom. The van der Waals surface area contributed by atoms with E-state index in [2.05, 4.69) is 25.5 Å². The lowest BCUT2D eigenvalue weighted by Gasteiger charge is -2.10. The van der Waals surface area contributed by atoms with Gasteiger partial charge in [0.15, 0.2) is 0 Å². The fourth-order valence-corrected chi connectivity index (χ4v) is 2.70. The van der Waals surface area contributed by atoms with Crippen molar-refractivity contribution in [2.75, 3.05) is 5.32 Å². The largest absolute Gasteiger partial charge is 0.321 e. The van der Waals surface area contributed by atoms with Crippen molar-refractivity contribution in [3.05, 3.63) is 54.0 Å². The molecule has 0 bridgehead atoms. The van der Waals surface area contributed by atoms with Gasteiger partial charge in [0.2, 0.25) is 11.7 Å². The van der Waals surface area contributed by atoms with E-state index in [9.17, 15) is 4.79 Å². The first-order valence-corrected chi connectivity index (χ1v) is 8.76. The minimum absolute atomic E-state index is 0.178. The van der Waals surface area contributed by atoms with Crippen LogP contribution < -0.4 is 5.32 Å². The van der Waals surface area contributed by atoms with E-state index in [4.69, 9.17) is 10.7 Å². The van der Waals surface area contributed by atoms with Crippen LogP contribution in [0, 0.1) is 29.6 Å². The highest BCUT2D eigenvalue weighted by Crippen LogP contribution is 2.24. The molecule has 0 fully saturated rings. The summed E-state index contributed by atoms with van der Waals surface area (Å²) in [5, 5.41) is 26.7. The molecule has 0 aliphatic heterocycles. The highest BCUT2D eigenvalue weighted by Gasteiger charge is 2.21. The number of nitriles is 1. The number of ketones is 1. The van der Waals surface area contributed by atoms with Crippen LogP contribution in [-0.4, -0.2) is 31.7 Å². The molecule has 3 rings (SSSR count). The van der Waals surface area contributed by atoms with Gasteiger partial charge in [0.05, 0.1) is 35.3 Å². The monoisotopic (exact) mass is 373 g/mol. The molecule has 0 saturated heterocycles. The maximum atomic E-state index is 12.4. The first-order valence-electron chi connectivity index (χ1n) is 8.76. The molecule has 0 radical (unpaired) electrons. The summed E-state index contributed by atoms with van der Waals surface area (Å²) < 4.78 is 0. The number of aryl methyl sites for hydroxylation is 1. The van der Waals surface area contributed by atoms with Crippen molar-refractivity contribution in [3.8, 4) is 17.3 Å². The molecule has 0 aliphatic rings.